The summed E-state index contributed by atoms with van der Waals surface area (Å²) < 4.78 is 4.60. The largest absolute Gasteiger partial charge is 0.460 e. The molecule has 0 aliphatic rings. The summed E-state index contributed by atoms with van der Waals surface area (Å²) in [5.74, 6) is -2.13. The molecule has 0 radical (unpaired) electrons. The predicted octanol–water partition coefficient (Wildman–Crippen LogP) is 3.12. The van der Waals surface area contributed by atoms with Crippen molar-refractivity contribution in [3.8, 4) is 11.1 Å². The Morgan fingerprint density at radius 3 is 2.48 bits per heavy atom. The Hall–Kier alpha value is -2.27. The van der Waals surface area contributed by atoms with Crippen LogP contribution in [0.2, 0.25) is 0 Å². The van der Waals surface area contributed by atoms with Crippen molar-refractivity contribution in [2.75, 3.05) is 6.61 Å². The van der Waals surface area contributed by atoms with Gasteiger partial charge in [-0.2, -0.15) is 0 Å². The fourth-order valence-corrected chi connectivity index (χ4v) is 2.74. The number of rotatable bonds is 6. The van der Waals surface area contributed by atoms with Crippen LogP contribution >= 0.6 is 11.3 Å². The van der Waals surface area contributed by atoms with Gasteiger partial charge in [-0.25, -0.2) is 4.79 Å². The summed E-state index contributed by atoms with van der Waals surface area (Å²) in [6.45, 7) is 1.73. The van der Waals surface area contributed by atoms with Gasteiger partial charge in [-0.05, 0) is 23.9 Å². The van der Waals surface area contributed by atoms with Gasteiger partial charge in [0.2, 0.25) is 5.78 Å². The lowest BCUT2D eigenvalue weighted by molar-refractivity contribution is -0.153. The van der Waals surface area contributed by atoms with Crippen molar-refractivity contribution in [1.29, 1.82) is 0 Å². The average molecular weight is 302 g/mol. The first-order valence-corrected chi connectivity index (χ1v) is 7.37. The lowest BCUT2D eigenvalue weighted by Gasteiger charge is -2.03. The molecule has 2 rings (SSSR count). The van der Waals surface area contributed by atoms with Crippen LogP contribution in [0.5, 0.6) is 0 Å². The van der Waals surface area contributed by atoms with Crippen molar-refractivity contribution < 1.29 is 19.1 Å². The first-order chi connectivity index (χ1) is 10.1. The highest BCUT2D eigenvalue weighted by molar-refractivity contribution is 7.12. The summed E-state index contributed by atoms with van der Waals surface area (Å²) in [5, 5.41) is 1.80. The first-order valence-electron chi connectivity index (χ1n) is 6.49. The topological polar surface area (TPSA) is 60.4 Å². The molecule has 1 heterocycles. The minimum atomic E-state index is -0.955. The maximum absolute atomic E-state index is 12.2. The molecule has 5 heteroatoms. The zero-order chi connectivity index (χ0) is 15.2. The van der Waals surface area contributed by atoms with Crippen LogP contribution in [-0.2, 0) is 14.3 Å². The minimum Gasteiger partial charge on any atom is -0.460 e. The van der Waals surface area contributed by atoms with Gasteiger partial charge in [0.05, 0.1) is 17.9 Å². The van der Waals surface area contributed by atoms with Gasteiger partial charge in [0.25, 0.3) is 0 Å². The van der Waals surface area contributed by atoms with Crippen molar-refractivity contribution in [2.45, 2.75) is 13.3 Å². The molecule has 0 bridgehead atoms. The van der Waals surface area contributed by atoms with E-state index < -0.39 is 18.2 Å². The Kier molecular flexibility index (Phi) is 5.00. The molecule has 0 aliphatic heterocycles. The van der Waals surface area contributed by atoms with Gasteiger partial charge >= 0.3 is 5.97 Å². The molecule has 0 spiro atoms. The number of benzene rings is 1. The molecule has 0 fully saturated rings. The number of esters is 1. The molecule has 0 unspecified atom stereocenters. The predicted molar refractivity (Wildman–Crippen MR) is 80.3 cm³/mol. The third-order valence-electron chi connectivity index (χ3n) is 2.83. The molecular formula is C16H14O4S. The molecule has 0 aliphatic carbocycles. The molecule has 0 atom stereocenters. The van der Waals surface area contributed by atoms with Crippen molar-refractivity contribution in [1.82, 2.24) is 0 Å². The number of ether oxygens (including phenoxy) is 1. The molecule has 0 amide bonds. The fourth-order valence-electron chi connectivity index (χ4n) is 1.88. The zero-order valence-corrected chi connectivity index (χ0v) is 12.3. The Morgan fingerprint density at radius 1 is 1.10 bits per heavy atom. The Bertz CT molecular complexity index is 658. The number of thiophene rings is 1. The van der Waals surface area contributed by atoms with Crippen LogP contribution < -0.4 is 0 Å². The van der Waals surface area contributed by atoms with Crippen LogP contribution in [0.4, 0.5) is 0 Å². The van der Waals surface area contributed by atoms with E-state index in [-0.39, 0.29) is 12.4 Å². The average Bonchev–Trinajstić information content (AvgIpc) is 2.98. The van der Waals surface area contributed by atoms with E-state index in [0.717, 1.165) is 11.1 Å². The monoisotopic (exact) mass is 302 g/mol. The van der Waals surface area contributed by atoms with E-state index in [9.17, 15) is 14.4 Å². The van der Waals surface area contributed by atoms with Crippen molar-refractivity contribution >= 4 is 28.9 Å². The quantitative estimate of drug-likeness (QED) is 0.356. The summed E-state index contributed by atoms with van der Waals surface area (Å²) in [4.78, 5) is 35.6. The van der Waals surface area contributed by atoms with Crippen LogP contribution in [0.25, 0.3) is 11.1 Å². The summed E-state index contributed by atoms with van der Waals surface area (Å²) in [6, 6.07) is 11.3. The number of ketones is 2. The number of carbonyl (C=O) groups is 3. The Labute approximate surface area is 126 Å². The van der Waals surface area contributed by atoms with E-state index in [1.165, 1.54) is 11.3 Å². The van der Waals surface area contributed by atoms with Crippen LogP contribution in [0.1, 0.15) is 23.0 Å². The molecular weight excluding hydrogens is 288 g/mol. The van der Waals surface area contributed by atoms with E-state index in [1.54, 1.807) is 12.3 Å². The first kappa shape index (κ1) is 15.1. The molecule has 0 saturated heterocycles. The maximum Gasteiger partial charge on any atom is 0.375 e. The van der Waals surface area contributed by atoms with Gasteiger partial charge in [0, 0.05) is 5.56 Å². The highest BCUT2D eigenvalue weighted by Gasteiger charge is 2.22. The molecule has 1 aromatic carbocycles. The van der Waals surface area contributed by atoms with Crippen LogP contribution in [0.15, 0.2) is 41.8 Å². The lowest BCUT2D eigenvalue weighted by atomic mass is 10.0. The molecule has 0 N–H and O–H groups in total. The number of hydrogen-bond donors (Lipinski definition) is 0. The third-order valence-corrected chi connectivity index (χ3v) is 3.78. The van der Waals surface area contributed by atoms with Gasteiger partial charge < -0.3 is 4.74 Å². The molecule has 4 nitrogen and oxygen atoms in total. The van der Waals surface area contributed by atoms with Gasteiger partial charge in [0.1, 0.15) is 0 Å². The van der Waals surface area contributed by atoms with Gasteiger partial charge in [-0.3, -0.25) is 9.59 Å². The summed E-state index contributed by atoms with van der Waals surface area (Å²) in [6.07, 6.45) is -0.459. The van der Waals surface area contributed by atoms with E-state index in [4.69, 9.17) is 0 Å². The Balaban J connectivity index is 2.16. The standard InChI is InChI=1S/C16H14O4S/c1-2-20-16(19)14(18)10-13(17)15-12(8-9-21-15)11-6-4-3-5-7-11/h3-9H,2,10H2,1H3. The van der Waals surface area contributed by atoms with Crippen LogP contribution in [-0.4, -0.2) is 24.1 Å². The van der Waals surface area contributed by atoms with Crippen molar-refractivity contribution in [2.24, 2.45) is 0 Å². The number of carbonyl (C=O) groups excluding carboxylic acids is 3. The second-order valence-corrected chi connectivity index (χ2v) is 5.19. The van der Waals surface area contributed by atoms with Crippen molar-refractivity contribution in [3.05, 3.63) is 46.7 Å². The minimum absolute atomic E-state index is 0.118. The molecule has 1 aromatic heterocycles. The van der Waals surface area contributed by atoms with E-state index in [1.807, 2.05) is 36.4 Å². The lowest BCUT2D eigenvalue weighted by Crippen LogP contribution is -2.20. The summed E-state index contributed by atoms with van der Waals surface area (Å²) in [5.41, 5.74) is 1.69. The number of Topliss-reactive ketones (excluding diaryl/α,β-unsaturated/α-hetero) is 2. The smallest absolute Gasteiger partial charge is 0.375 e. The molecule has 108 valence electrons. The van der Waals surface area contributed by atoms with Crippen molar-refractivity contribution in [3.63, 3.8) is 0 Å². The second kappa shape index (κ2) is 6.95. The van der Waals surface area contributed by atoms with Crippen LogP contribution in [0.3, 0.4) is 0 Å². The molecule has 2 aromatic rings. The highest BCUT2D eigenvalue weighted by atomic mass is 32.1. The van der Waals surface area contributed by atoms with Gasteiger partial charge in [0.15, 0.2) is 5.78 Å². The normalized spacial score (nSPS) is 10.1. The van der Waals surface area contributed by atoms with Crippen LogP contribution in [0, 0.1) is 0 Å². The summed E-state index contributed by atoms with van der Waals surface area (Å²) >= 11 is 1.27. The molecule has 21 heavy (non-hydrogen) atoms. The highest BCUT2D eigenvalue weighted by Crippen LogP contribution is 2.29. The number of hydrogen-bond acceptors (Lipinski definition) is 5. The second-order valence-electron chi connectivity index (χ2n) is 4.27. The van der Waals surface area contributed by atoms with E-state index in [2.05, 4.69) is 4.74 Å². The van der Waals surface area contributed by atoms with E-state index in [0.29, 0.717) is 4.88 Å². The molecule has 0 saturated carbocycles. The zero-order valence-electron chi connectivity index (χ0n) is 11.5. The van der Waals surface area contributed by atoms with Gasteiger partial charge in [-0.1, -0.05) is 30.3 Å². The Morgan fingerprint density at radius 2 is 1.81 bits per heavy atom. The van der Waals surface area contributed by atoms with Gasteiger partial charge in [-0.15, -0.1) is 11.3 Å². The fraction of sp³-hybridized carbons (Fsp3) is 0.188. The SMILES string of the molecule is CCOC(=O)C(=O)CC(=O)c1sccc1-c1ccccc1. The van der Waals surface area contributed by atoms with E-state index >= 15 is 0 Å². The maximum atomic E-state index is 12.2. The summed E-state index contributed by atoms with van der Waals surface area (Å²) in [7, 11) is 0. The third kappa shape index (κ3) is 3.64.